The number of aromatic amines is 2. The molecule has 16 N–H and O–H groups in total. The fourth-order valence-electron chi connectivity index (χ4n) is 7.85. The fraction of sp³-hybridized carbons (Fsp3) is 0.426. The van der Waals surface area contributed by atoms with Crippen LogP contribution in [0.2, 0.25) is 0 Å². The molecule has 7 atom stereocenters. The van der Waals surface area contributed by atoms with Crippen molar-refractivity contribution in [3.63, 3.8) is 0 Å². The lowest BCUT2D eigenvalue weighted by Gasteiger charge is -2.27. The Morgan fingerprint density at radius 3 is 2.14 bits per heavy atom. The topological polar surface area (TPSA) is 385 Å². The lowest BCUT2D eigenvalue weighted by molar-refractivity contribution is -0.136. The third kappa shape index (κ3) is 16.7. The SMILES string of the molecule is CCCCC(NC(C)=O)C(=O)N[C@H]1CC(=O)NC[C@@H](C(=O)N[C@@H](Cc2c[nH]c3ccccc23)C(N)=O)NC(=O)C(CCCN=C(N)N)NC(=O)[C@@H](Cc2ccccc2)NC(=O)[C@H](Cc2cnc[nH]2)NC1=O. The zero-order valence-corrected chi connectivity index (χ0v) is 39.5. The van der Waals surface area contributed by atoms with Gasteiger partial charge in [-0.3, -0.25) is 48.1 Å². The molecule has 4 aromatic rings. The number of guanidine groups is 1. The van der Waals surface area contributed by atoms with Gasteiger partial charge in [0.25, 0.3) is 0 Å². The zero-order valence-electron chi connectivity index (χ0n) is 39.5. The normalized spacial score (nSPS) is 20.1. The molecule has 3 heterocycles. The average molecular weight is 982 g/mol. The molecular formula is C47H63N15O9. The summed E-state index contributed by atoms with van der Waals surface area (Å²) < 4.78 is 0. The molecule has 9 amide bonds. The highest BCUT2D eigenvalue weighted by atomic mass is 16.2. The minimum Gasteiger partial charge on any atom is -0.370 e. The molecule has 0 radical (unpaired) electrons. The van der Waals surface area contributed by atoms with Gasteiger partial charge < -0.3 is 69.7 Å². The molecule has 0 bridgehead atoms. The second-order valence-corrected chi connectivity index (χ2v) is 17.2. The first kappa shape index (κ1) is 53.6. The fourth-order valence-corrected chi connectivity index (χ4v) is 7.85. The Labute approximate surface area is 409 Å². The van der Waals surface area contributed by atoms with Gasteiger partial charge in [-0.1, -0.05) is 68.3 Å². The number of nitrogens with one attached hydrogen (secondary N) is 10. The number of H-pyrrole nitrogens is 2. The number of benzene rings is 2. The summed E-state index contributed by atoms with van der Waals surface area (Å²) in [4.78, 5) is 139. The minimum atomic E-state index is -1.69. The molecule has 24 heteroatoms. The van der Waals surface area contributed by atoms with E-state index in [0.717, 1.165) is 10.9 Å². The van der Waals surface area contributed by atoms with Gasteiger partial charge in [0.1, 0.15) is 42.3 Å². The highest BCUT2D eigenvalue weighted by molar-refractivity contribution is 5.99. The van der Waals surface area contributed by atoms with Gasteiger partial charge in [-0.25, -0.2) is 4.98 Å². The summed E-state index contributed by atoms with van der Waals surface area (Å²) in [6.07, 6.45) is 4.73. The maximum Gasteiger partial charge on any atom is 0.245 e. The number of imidazole rings is 1. The zero-order chi connectivity index (χ0) is 51.5. The van der Waals surface area contributed by atoms with Crippen LogP contribution in [0.15, 0.2) is 78.3 Å². The van der Waals surface area contributed by atoms with Crippen molar-refractivity contribution in [1.82, 2.24) is 57.5 Å². The van der Waals surface area contributed by atoms with E-state index < -0.39 is 108 Å². The number of nitrogens with two attached hydrogens (primary N) is 3. The molecular weight excluding hydrogens is 919 g/mol. The van der Waals surface area contributed by atoms with Crippen LogP contribution in [0.25, 0.3) is 10.9 Å². The van der Waals surface area contributed by atoms with Gasteiger partial charge in [-0.2, -0.15) is 0 Å². The summed E-state index contributed by atoms with van der Waals surface area (Å²) >= 11 is 0. The number of aromatic nitrogens is 3. The predicted molar refractivity (Wildman–Crippen MR) is 260 cm³/mol. The van der Waals surface area contributed by atoms with Crippen LogP contribution < -0.4 is 59.7 Å². The number of para-hydroxylation sites is 1. The Bertz CT molecular complexity index is 2530. The predicted octanol–water partition coefficient (Wildman–Crippen LogP) is -2.42. The summed E-state index contributed by atoms with van der Waals surface area (Å²) in [5, 5.41) is 21.6. The first-order valence-corrected chi connectivity index (χ1v) is 23.3. The summed E-state index contributed by atoms with van der Waals surface area (Å²) in [6, 6.07) is 5.91. The van der Waals surface area contributed by atoms with Crippen molar-refractivity contribution in [1.29, 1.82) is 0 Å². The summed E-state index contributed by atoms with van der Waals surface area (Å²) in [7, 11) is 0. The molecule has 5 rings (SSSR count). The van der Waals surface area contributed by atoms with Crippen molar-refractivity contribution >= 4 is 70.0 Å². The number of carbonyl (C=O) groups excluding carboxylic acids is 9. The molecule has 1 aliphatic heterocycles. The smallest absolute Gasteiger partial charge is 0.245 e. The summed E-state index contributed by atoms with van der Waals surface area (Å²) in [6.45, 7) is 2.50. The number of unbranched alkanes of at least 4 members (excludes halogenated alkanes) is 1. The number of hydrogen-bond acceptors (Lipinski definition) is 11. The first-order valence-electron chi connectivity index (χ1n) is 23.3. The molecule has 1 fully saturated rings. The van der Waals surface area contributed by atoms with Crippen LogP contribution in [-0.2, 0) is 62.4 Å². The third-order valence-electron chi connectivity index (χ3n) is 11.6. The second-order valence-electron chi connectivity index (χ2n) is 17.2. The maximum absolute atomic E-state index is 14.5. The Balaban J connectivity index is 1.55. The number of aliphatic imine (C=N–C) groups is 1. The Morgan fingerprint density at radius 1 is 0.789 bits per heavy atom. The van der Waals surface area contributed by atoms with E-state index in [1.165, 1.54) is 19.4 Å². The van der Waals surface area contributed by atoms with Gasteiger partial charge in [-0.15, -0.1) is 0 Å². The van der Waals surface area contributed by atoms with E-state index >= 15 is 0 Å². The van der Waals surface area contributed by atoms with Crippen molar-refractivity contribution in [2.24, 2.45) is 22.2 Å². The second kappa shape index (κ2) is 26.4. The van der Waals surface area contributed by atoms with Crippen LogP contribution in [-0.4, -0.2) is 129 Å². The van der Waals surface area contributed by atoms with Crippen LogP contribution in [0.4, 0.5) is 0 Å². The van der Waals surface area contributed by atoms with E-state index in [4.69, 9.17) is 17.2 Å². The van der Waals surface area contributed by atoms with Gasteiger partial charge in [0.2, 0.25) is 53.2 Å². The van der Waals surface area contributed by atoms with Gasteiger partial charge in [0, 0.05) is 68.3 Å². The third-order valence-corrected chi connectivity index (χ3v) is 11.6. The monoisotopic (exact) mass is 981 g/mol. The Morgan fingerprint density at radius 2 is 1.46 bits per heavy atom. The van der Waals surface area contributed by atoms with E-state index in [2.05, 4.69) is 62.5 Å². The molecule has 0 saturated carbocycles. The Hall–Kier alpha value is -8.31. The van der Waals surface area contributed by atoms with Crippen molar-refractivity contribution in [3.8, 4) is 0 Å². The van der Waals surface area contributed by atoms with E-state index in [0.29, 0.717) is 29.7 Å². The largest absolute Gasteiger partial charge is 0.370 e. The summed E-state index contributed by atoms with van der Waals surface area (Å²) in [5.41, 5.74) is 19.3. The number of rotatable bonds is 19. The lowest BCUT2D eigenvalue weighted by Crippen LogP contribution is -2.61. The van der Waals surface area contributed by atoms with Crippen molar-refractivity contribution in [3.05, 3.63) is 90.1 Å². The molecule has 0 spiro atoms. The molecule has 24 nitrogen and oxygen atoms in total. The van der Waals surface area contributed by atoms with Gasteiger partial charge >= 0.3 is 0 Å². The quantitative estimate of drug-likeness (QED) is 0.0265. The van der Waals surface area contributed by atoms with Crippen molar-refractivity contribution in [2.75, 3.05) is 13.1 Å². The molecule has 380 valence electrons. The Kier molecular flexibility index (Phi) is 20.0. The van der Waals surface area contributed by atoms with Gasteiger partial charge in [0.15, 0.2) is 5.96 Å². The standard InChI is InChI=1S/C47H63N15O9/c1-3-4-14-32(56-26(2)63)41(66)61-37-21-39(64)54-24-38(46(71)58-34(40(48)65)19-28-22-53-31-15-9-8-13-30(28)31)62-42(67)33(16-10-17-52-47(49)50)57-43(68)35(18-27-11-6-5-7-12-27)59-44(69)36(60-45(37)70)20-29-23-51-25-55-29/h5-9,11-13,15,22-23,25,32-38,53H,3-4,10,14,16-21,24H2,1-2H3,(H2,48,65)(H,51,55)(H,54,64)(H,56,63)(H,57,68)(H,58,71)(H,59,69)(H,60,70)(H,61,66)(H,62,67)(H4,49,50,52)/t32?,33?,34-,35+,36-,37-,38-/m0/s1. The van der Waals surface area contributed by atoms with Crippen molar-refractivity contribution < 1.29 is 43.2 Å². The first-order chi connectivity index (χ1) is 34.0. The van der Waals surface area contributed by atoms with Crippen LogP contribution in [0.1, 0.15) is 69.2 Å². The van der Waals surface area contributed by atoms with Crippen LogP contribution in [0.3, 0.4) is 0 Å². The minimum absolute atomic E-state index is 0.0388. The number of fused-ring (bicyclic) bond motifs is 1. The molecule has 2 unspecified atom stereocenters. The van der Waals surface area contributed by atoms with Crippen molar-refractivity contribution in [2.45, 2.75) is 114 Å². The highest BCUT2D eigenvalue weighted by Gasteiger charge is 2.36. The molecule has 71 heavy (non-hydrogen) atoms. The van der Waals surface area contributed by atoms with E-state index in [9.17, 15) is 43.2 Å². The lowest BCUT2D eigenvalue weighted by atomic mass is 10.0. The molecule has 2 aromatic carbocycles. The molecule has 1 aliphatic rings. The number of carbonyl (C=O) groups is 9. The number of hydrogen-bond donors (Lipinski definition) is 13. The van der Waals surface area contributed by atoms with Crippen LogP contribution in [0, 0.1) is 0 Å². The van der Waals surface area contributed by atoms with Crippen LogP contribution in [0.5, 0.6) is 0 Å². The molecule has 2 aromatic heterocycles. The van der Waals surface area contributed by atoms with Gasteiger partial charge in [-0.05, 0) is 36.5 Å². The highest BCUT2D eigenvalue weighted by Crippen LogP contribution is 2.19. The van der Waals surface area contributed by atoms with Crippen LogP contribution >= 0.6 is 0 Å². The van der Waals surface area contributed by atoms with E-state index in [1.54, 1.807) is 42.6 Å². The number of amides is 9. The molecule has 0 aliphatic carbocycles. The van der Waals surface area contributed by atoms with Gasteiger partial charge in [0.05, 0.1) is 12.7 Å². The number of nitrogens with zero attached hydrogens (tertiary/aromatic N) is 2. The maximum atomic E-state index is 14.5. The number of primary amides is 1. The summed E-state index contributed by atoms with van der Waals surface area (Å²) in [5.74, 6) is -7.91. The average Bonchev–Trinajstić information content (AvgIpc) is 4.01. The van der Waals surface area contributed by atoms with E-state index in [1.807, 2.05) is 25.1 Å². The molecule has 1 saturated heterocycles. The van der Waals surface area contributed by atoms with E-state index in [-0.39, 0.29) is 51.0 Å².